The lowest BCUT2D eigenvalue weighted by Gasteiger charge is -2.35. The molecule has 0 aromatic heterocycles. The van der Waals surface area contributed by atoms with Gasteiger partial charge in [-0.2, -0.15) is 0 Å². The van der Waals surface area contributed by atoms with Crippen molar-refractivity contribution in [2.75, 3.05) is 20.3 Å². The Kier molecular flexibility index (Phi) is 5.38. The lowest BCUT2D eigenvalue weighted by molar-refractivity contribution is -0.130. The molecule has 0 unspecified atom stereocenters. The highest BCUT2D eigenvalue weighted by atomic mass is 16.5. The molecule has 0 saturated carbocycles. The molecule has 5 heteroatoms. The summed E-state index contributed by atoms with van der Waals surface area (Å²) in [6, 6.07) is 16.7. The number of amides is 1. The van der Waals surface area contributed by atoms with Gasteiger partial charge in [-0.05, 0) is 35.2 Å². The molecule has 2 heterocycles. The van der Waals surface area contributed by atoms with E-state index >= 15 is 0 Å². The molecular weight excluding hydrogens is 352 g/mol. The van der Waals surface area contributed by atoms with Gasteiger partial charge in [0.1, 0.15) is 11.9 Å². The predicted molar refractivity (Wildman–Crippen MR) is 108 cm³/mol. The van der Waals surface area contributed by atoms with Gasteiger partial charge in [0.25, 0.3) is 0 Å². The Bertz CT molecular complexity index is 853. The summed E-state index contributed by atoms with van der Waals surface area (Å²) in [5.74, 6) is 0.868. The Morgan fingerprint density at radius 3 is 2.96 bits per heavy atom. The van der Waals surface area contributed by atoms with Crippen molar-refractivity contribution in [2.24, 2.45) is 0 Å². The number of hydrogen-bond acceptors (Lipinski definition) is 4. The van der Waals surface area contributed by atoms with Crippen molar-refractivity contribution in [1.82, 2.24) is 10.2 Å². The van der Waals surface area contributed by atoms with Gasteiger partial charge in [0.2, 0.25) is 5.91 Å². The standard InChI is InChI=1S/C23H28N2O3/c1-3-11-24-22(26)21-13-23(16-28-21)20-10-5-4-8-18(20)15-25(23)14-17-7-6-9-19(12-17)27-2/h4-10,12,21H,3,11,13-16H2,1-2H3,(H,24,26)/t21-,23+/m1/s1. The van der Waals surface area contributed by atoms with Gasteiger partial charge in [-0.15, -0.1) is 0 Å². The van der Waals surface area contributed by atoms with Crippen molar-refractivity contribution >= 4 is 5.91 Å². The second kappa shape index (κ2) is 7.94. The van der Waals surface area contributed by atoms with E-state index in [0.29, 0.717) is 19.6 Å². The number of carbonyl (C=O) groups excluding carboxylic acids is 1. The van der Waals surface area contributed by atoms with E-state index in [1.54, 1.807) is 7.11 Å². The number of fused-ring (bicyclic) bond motifs is 2. The Labute approximate surface area is 166 Å². The molecule has 0 aliphatic carbocycles. The van der Waals surface area contributed by atoms with E-state index in [9.17, 15) is 4.79 Å². The molecule has 0 bridgehead atoms. The molecule has 1 saturated heterocycles. The van der Waals surface area contributed by atoms with E-state index < -0.39 is 6.10 Å². The summed E-state index contributed by atoms with van der Waals surface area (Å²) in [7, 11) is 1.69. The van der Waals surface area contributed by atoms with E-state index in [1.807, 2.05) is 12.1 Å². The number of rotatable bonds is 6. The SMILES string of the molecule is CCCNC(=O)[C@H]1C[C@]2(CO1)c1ccccc1CN2Cc1cccc(OC)c1. The molecule has 0 radical (unpaired) electrons. The molecule has 5 nitrogen and oxygen atoms in total. The van der Waals surface area contributed by atoms with Gasteiger partial charge in [0.15, 0.2) is 0 Å². The number of carbonyl (C=O) groups is 1. The van der Waals surface area contributed by atoms with Crippen molar-refractivity contribution in [3.05, 3.63) is 65.2 Å². The first-order valence-electron chi connectivity index (χ1n) is 10.0. The third kappa shape index (κ3) is 3.40. The Hall–Kier alpha value is -2.37. The molecular formula is C23H28N2O3. The number of methoxy groups -OCH3 is 1. The summed E-state index contributed by atoms with van der Waals surface area (Å²) >= 11 is 0. The molecule has 2 atom stereocenters. The highest BCUT2D eigenvalue weighted by molar-refractivity contribution is 5.81. The molecule has 28 heavy (non-hydrogen) atoms. The lowest BCUT2D eigenvalue weighted by Crippen LogP contribution is -2.42. The highest BCUT2D eigenvalue weighted by Crippen LogP contribution is 2.47. The normalized spacial score (nSPS) is 23.7. The van der Waals surface area contributed by atoms with Gasteiger partial charge in [-0.1, -0.05) is 43.3 Å². The molecule has 2 aliphatic rings. The molecule has 2 aliphatic heterocycles. The topological polar surface area (TPSA) is 50.8 Å². The molecule has 1 amide bonds. The largest absolute Gasteiger partial charge is 0.497 e. The zero-order chi connectivity index (χ0) is 19.6. The third-order valence-corrected chi connectivity index (χ3v) is 5.88. The van der Waals surface area contributed by atoms with E-state index in [2.05, 4.69) is 53.5 Å². The fraction of sp³-hybridized carbons (Fsp3) is 0.435. The monoisotopic (exact) mass is 380 g/mol. The Morgan fingerprint density at radius 1 is 1.29 bits per heavy atom. The van der Waals surface area contributed by atoms with Crippen LogP contribution in [-0.4, -0.2) is 37.2 Å². The summed E-state index contributed by atoms with van der Waals surface area (Å²) in [6.45, 7) is 4.94. The smallest absolute Gasteiger partial charge is 0.249 e. The molecule has 1 N–H and O–H groups in total. The van der Waals surface area contributed by atoms with Crippen LogP contribution in [0.4, 0.5) is 0 Å². The molecule has 1 fully saturated rings. The number of hydrogen-bond donors (Lipinski definition) is 1. The molecule has 4 rings (SSSR count). The van der Waals surface area contributed by atoms with Crippen LogP contribution < -0.4 is 10.1 Å². The maximum atomic E-state index is 12.5. The fourth-order valence-corrected chi connectivity index (χ4v) is 4.44. The first-order chi connectivity index (χ1) is 13.7. The molecule has 148 valence electrons. The Morgan fingerprint density at radius 2 is 2.14 bits per heavy atom. The number of nitrogens with zero attached hydrogens (tertiary/aromatic N) is 1. The summed E-state index contributed by atoms with van der Waals surface area (Å²) in [5, 5.41) is 2.99. The lowest BCUT2D eigenvalue weighted by atomic mass is 9.86. The van der Waals surface area contributed by atoms with Gasteiger partial charge in [-0.3, -0.25) is 9.69 Å². The average molecular weight is 380 g/mol. The number of benzene rings is 2. The van der Waals surface area contributed by atoms with Crippen LogP contribution in [0.25, 0.3) is 0 Å². The van der Waals surface area contributed by atoms with Crippen LogP contribution in [0, 0.1) is 0 Å². The first kappa shape index (κ1) is 19.0. The second-order valence-electron chi connectivity index (χ2n) is 7.69. The Balaban J connectivity index is 1.61. The summed E-state index contributed by atoms with van der Waals surface area (Å²) in [6.07, 6.45) is 1.21. The van der Waals surface area contributed by atoms with E-state index in [1.165, 1.54) is 16.7 Å². The van der Waals surface area contributed by atoms with Gasteiger partial charge in [0, 0.05) is 26.1 Å². The van der Waals surface area contributed by atoms with E-state index in [-0.39, 0.29) is 11.4 Å². The minimum absolute atomic E-state index is 0.00411. The fourth-order valence-electron chi connectivity index (χ4n) is 4.44. The van der Waals surface area contributed by atoms with Crippen LogP contribution in [0.15, 0.2) is 48.5 Å². The van der Waals surface area contributed by atoms with Crippen molar-refractivity contribution in [2.45, 2.75) is 44.5 Å². The number of nitrogens with one attached hydrogen (secondary N) is 1. The third-order valence-electron chi connectivity index (χ3n) is 5.88. The first-order valence-corrected chi connectivity index (χ1v) is 10.0. The van der Waals surface area contributed by atoms with Gasteiger partial charge >= 0.3 is 0 Å². The minimum atomic E-state index is -0.398. The van der Waals surface area contributed by atoms with Gasteiger partial charge in [-0.25, -0.2) is 0 Å². The zero-order valence-corrected chi connectivity index (χ0v) is 16.6. The van der Waals surface area contributed by atoms with Crippen LogP contribution in [0.1, 0.15) is 36.5 Å². The van der Waals surface area contributed by atoms with Crippen LogP contribution in [0.3, 0.4) is 0 Å². The van der Waals surface area contributed by atoms with Crippen LogP contribution in [-0.2, 0) is 28.2 Å². The van der Waals surface area contributed by atoms with Crippen molar-refractivity contribution < 1.29 is 14.3 Å². The van der Waals surface area contributed by atoms with Crippen LogP contribution in [0.2, 0.25) is 0 Å². The second-order valence-corrected chi connectivity index (χ2v) is 7.69. The maximum Gasteiger partial charge on any atom is 0.249 e. The molecule has 1 spiro atoms. The van der Waals surface area contributed by atoms with Crippen molar-refractivity contribution in [3.63, 3.8) is 0 Å². The van der Waals surface area contributed by atoms with Crippen LogP contribution >= 0.6 is 0 Å². The minimum Gasteiger partial charge on any atom is -0.497 e. The summed E-state index contributed by atoms with van der Waals surface area (Å²) in [5.41, 5.74) is 3.56. The van der Waals surface area contributed by atoms with Crippen molar-refractivity contribution in [1.29, 1.82) is 0 Å². The summed E-state index contributed by atoms with van der Waals surface area (Å²) in [4.78, 5) is 15.0. The quantitative estimate of drug-likeness (QED) is 0.836. The van der Waals surface area contributed by atoms with Crippen molar-refractivity contribution in [3.8, 4) is 5.75 Å². The van der Waals surface area contributed by atoms with Gasteiger partial charge in [0.05, 0.1) is 19.3 Å². The molecule has 2 aromatic rings. The van der Waals surface area contributed by atoms with Gasteiger partial charge < -0.3 is 14.8 Å². The average Bonchev–Trinajstić information content (AvgIpc) is 3.30. The van der Waals surface area contributed by atoms with Crippen LogP contribution in [0.5, 0.6) is 5.75 Å². The molecule has 2 aromatic carbocycles. The zero-order valence-electron chi connectivity index (χ0n) is 16.6. The van der Waals surface area contributed by atoms with E-state index in [4.69, 9.17) is 9.47 Å². The predicted octanol–water partition coefficient (Wildman–Crippen LogP) is 3.22. The summed E-state index contributed by atoms with van der Waals surface area (Å²) < 4.78 is 11.4. The van der Waals surface area contributed by atoms with E-state index in [0.717, 1.165) is 25.3 Å². The maximum absolute atomic E-state index is 12.5. The number of ether oxygens (including phenoxy) is 2. The highest BCUT2D eigenvalue weighted by Gasteiger charge is 2.52.